The van der Waals surface area contributed by atoms with Crippen molar-refractivity contribution in [1.82, 2.24) is 4.90 Å². The maximum atomic E-state index is 13.0. The summed E-state index contributed by atoms with van der Waals surface area (Å²) in [6, 6.07) is 14.7. The van der Waals surface area contributed by atoms with Crippen molar-refractivity contribution in [3.8, 4) is 10.4 Å². The lowest BCUT2D eigenvalue weighted by molar-refractivity contribution is -0.192. The molecule has 37 heavy (non-hydrogen) atoms. The molecule has 1 amide bonds. The summed E-state index contributed by atoms with van der Waals surface area (Å²) in [6.45, 7) is 8.89. The van der Waals surface area contributed by atoms with E-state index in [0.717, 1.165) is 37.2 Å². The minimum atomic E-state index is -5.08. The van der Waals surface area contributed by atoms with Crippen molar-refractivity contribution < 1.29 is 27.9 Å². The van der Waals surface area contributed by atoms with Gasteiger partial charge < -0.3 is 10.4 Å². The van der Waals surface area contributed by atoms with Gasteiger partial charge in [0.25, 0.3) is 0 Å². The van der Waals surface area contributed by atoms with Crippen molar-refractivity contribution >= 4 is 45.2 Å². The van der Waals surface area contributed by atoms with Crippen molar-refractivity contribution in [2.24, 2.45) is 4.99 Å². The van der Waals surface area contributed by atoms with Gasteiger partial charge in [-0.05, 0) is 73.6 Å². The molecule has 4 rings (SSSR count). The van der Waals surface area contributed by atoms with Gasteiger partial charge in [-0.2, -0.15) is 13.2 Å². The smallest absolute Gasteiger partial charge is 0.475 e. The third-order valence-corrected chi connectivity index (χ3v) is 7.06. The molecule has 0 unspecified atom stereocenters. The number of nitrogens with zero attached hydrogens (tertiary/aromatic N) is 2. The maximum Gasteiger partial charge on any atom is 0.490 e. The molecule has 10 heteroatoms. The van der Waals surface area contributed by atoms with Gasteiger partial charge in [0.15, 0.2) is 0 Å². The van der Waals surface area contributed by atoms with Crippen LogP contribution in [0.25, 0.3) is 20.5 Å². The van der Waals surface area contributed by atoms with Crippen LogP contribution in [-0.4, -0.2) is 53.4 Å². The van der Waals surface area contributed by atoms with Crippen molar-refractivity contribution in [1.29, 1.82) is 0 Å². The number of nitrogens with one attached hydrogen (secondary N) is 1. The number of carboxylic acids is 1. The van der Waals surface area contributed by atoms with E-state index >= 15 is 0 Å². The van der Waals surface area contributed by atoms with E-state index in [4.69, 9.17) is 9.90 Å². The van der Waals surface area contributed by atoms with Gasteiger partial charge in [-0.25, -0.2) is 4.79 Å². The van der Waals surface area contributed by atoms with E-state index < -0.39 is 12.1 Å². The van der Waals surface area contributed by atoms with Crippen LogP contribution in [-0.2, 0) is 16.1 Å². The fourth-order valence-corrected chi connectivity index (χ4v) is 5.22. The Labute approximate surface area is 217 Å². The standard InChI is InChI=1S/C25H29N3OS.C2HF3O2/c1-4-10-28(11-5-2)17(3)25(29)27-20-12-19-15-26-16-22(19)21(14-20)24-13-18-8-6-7-9-23(18)30-24;3-2(4,5)1(6)7/h6-9,12-15,17H,4-5,10-11,16H2,1-3H3,(H,27,29);(H,6,7)/t17-;/m0./s1. The number of halogens is 3. The van der Waals surface area contributed by atoms with Gasteiger partial charge in [-0.1, -0.05) is 32.0 Å². The third kappa shape index (κ3) is 7.17. The second kappa shape index (κ2) is 12.3. The lowest BCUT2D eigenvalue weighted by atomic mass is 10.00. The fraction of sp³-hybridized carbons (Fsp3) is 0.370. The fourth-order valence-electron chi connectivity index (χ4n) is 4.11. The molecule has 3 aromatic rings. The largest absolute Gasteiger partial charge is 0.490 e. The molecule has 0 saturated carbocycles. The van der Waals surface area contributed by atoms with Gasteiger partial charge >= 0.3 is 12.1 Å². The summed E-state index contributed by atoms with van der Waals surface area (Å²) in [6.07, 6.45) is -1.07. The molecule has 1 aliphatic rings. The Kier molecular flexibility index (Phi) is 9.45. The Balaban J connectivity index is 0.000000479. The van der Waals surface area contributed by atoms with Crippen LogP contribution in [0.3, 0.4) is 0 Å². The highest BCUT2D eigenvalue weighted by molar-refractivity contribution is 7.22. The number of benzene rings is 2. The van der Waals surface area contributed by atoms with Gasteiger partial charge in [0.1, 0.15) is 0 Å². The number of anilines is 1. The number of aliphatic carboxylic acids is 1. The van der Waals surface area contributed by atoms with E-state index in [0.29, 0.717) is 6.54 Å². The number of thiophene rings is 1. The summed E-state index contributed by atoms with van der Waals surface area (Å²) in [5.41, 5.74) is 4.37. The second-order valence-corrected chi connectivity index (χ2v) is 9.80. The summed E-state index contributed by atoms with van der Waals surface area (Å²) >= 11 is 1.79. The molecule has 0 fully saturated rings. The number of hydrogen-bond donors (Lipinski definition) is 2. The zero-order valence-electron chi connectivity index (χ0n) is 20.9. The highest BCUT2D eigenvalue weighted by atomic mass is 32.1. The van der Waals surface area contributed by atoms with E-state index in [-0.39, 0.29) is 11.9 Å². The van der Waals surface area contributed by atoms with Crippen LogP contribution in [0.5, 0.6) is 0 Å². The van der Waals surface area contributed by atoms with E-state index in [1.54, 1.807) is 11.3 Å². The molecule has 2 heterocycles. The predicted molar refractivity (Wildman–Crippen MR) is 142 cm³/mol. The molecule has 0 bridgehead atoms. The van der Waals surface area contributed by atoms with Crippen molar-refractivity contribution in [2.75, 3.05) is 18.4 Å². The summed E-state index contributed by atoms with van der Waals surface area (Å²) in [5.74, 6) is -2.71. The van der Waals surface area contributed by atoms with Crippen LogP contribution in [0.2, 0.25) is 0 Å². The Hall–Kier alpha value is -3.24. The Morgan fingerprint density at radius 3 is 2.38 bits per heavy atom. The second-order valence-electron chi connectivity index (χ2n) is 8.71. The maximum absolute atomic E-state index is 13.0. The van der Waals surface area contributed by atoms with Gasteiger partial charge in [0, 0.05) is 27.0 Å². The van der Waals surface area contributed by atoms with Crippen LogP contribution in [0.1, 0.15) is 44.7 Å². The third-order valence-electron chi connectivity index (χ3n) is 5.91. The number of carbonyl (C=O) groups excluding carboxylic acids is 1. The van der Waals surface area contributed by atoms with E-state index in [1.807, 2.05) is 13.1 Å². The van der Waals surface area contributed by atoms with Gasteiger partial charge in [-0.3, -0.25) is 14.7 Å². The van der Waals surface area contributed by atoms with Gasteiger partial charge in [0.2, 0.25) is 5.91 Å². The average Bonchev–Trinajstić information content (AvgIpc) is 3.49. The SMILES string of the molecule is CCCN(CCC)[C@@H](C)C(=O)Nc1cc2c(c(-c3cc4ccccc4s3)c1)CN=C2.O=C(O)C(F)(F)F. The molecule has 1 aromatic heterocycles. The normalized spacial score (nSPS) is 13.3. The lowest BCUT2D eigenvalue weighted by Gasteiger charge is -2.27. The van der Waals surface area contributed by atoms with Crippen LogP contribution < -0.4 is 5.32 Å². The summed E-state index contributed by atoms with van der Waals surface area (Å²) in [4.78, 5) is 29.9. The predicted octanol–water partition coefficient (Wildman–Crippen LogP) is 6.58. The van der Waals surface area contributed by atoms with Crippen LogP contribution >= 0.6 is 11.3 Å². The van der Waals surface area contributed by atoms with E-state index in [2.05, 4.69) is 71.5 Å². The Bertz CT molecular complexity index is 1250. The first kappa shape index (κ1) is 28.3. The first-order valence-corrected chi connectivity index (χ1v) is 12.9. The lowest BCUT2D eigenvalue weighted by Crippen LogP contribution is -2.42. The zero-order chi connectivity index (χ0) is 27.2. The average molecular weight is 534 g/mol. The number of amides is 1. The molecule has 1 aliphatic heterocycles. The number of carbonyl (C=O) groups is 2. The summed E-state index contributed by atoms with van der Waals surface area (Å²) in [5, 5.41) is 11.6. The minimum Gasteiger partial charge on any atom is -0.475 e. The molecule has 2 aromatic carbocycles. The van der Waals surface area contributed by atoms with Crippen LogP contribution in [0.15, 0.2) is 47.5 Å². The highest BCUT2D eigenvalue weighted by Crippen LogP contribution is 2.39. The number of fused-ring (bicyclic) bond motifs is 2. The molecule has 6 nitrogen and oxygen atoms in total. The topological polar surface area (TPSA) is 82.0 Å². The number of hydrogen-bond acceptors (Lipinski definition) is 5. The van der Waals surface area contributed by atoms with Crippen molar-refractivity contribution in [3.63, 3.8) is 0 Å². The van der Waals surface area contributed by atoms with E-state index in [1.165, 1.54) is 26.1 Å². The molecule has 0 aliphatic carbocycles. The molecular weight excluding hydrogens is 503 g/mol. The molecule has 2 N–H and O–H groups in total. The van der Waals surface area contributed by atoms with Crippen molar-refractivity contribution in [2.45, 2.75) is 52.4 Å². The number of alkyl halides is 3. The molecule has 0 saturated heterocycles. The first-order valence-electron chi connectivity index (χ1n) is 12.1. The van der Waals surface area contributed by atoms with Crippen LogP contribution in [0, 0.1) is 0 Å². The zero-order valence-corrected chi connectivity index (χ0v) is 21.7. The minimum absolute atomic E-state index is 0.0501. The number of carboxylic acid groups (broad SMARTS) is 1. The van der Waals surface area contributed by atoms with E-state index in [9.17, 15) is 18.0 Å². The molecule has 198 valence electrons. The molecule has 0 spiro atoms. The summed E-state index contributed by atoms with van der Waals surface area (Å²) < 4.78 is 33.0. The number of aliphatic imine (C=N–C) groups is 1. The highest BCUT2D eigenvalue weighted by Gasteiger charge is 2.38. The summed E-state index contributed by atoms with van der Waals surface area (Å²) in [7, 11) is 0. The Morgan fingerprint density at radius 2 is 1.78 bits per heavy atom. The van der Waals surface area contributed by atoms with Crippen LogP contribution in [0.4, 0.5) is 18.9 Å². The molecule has 0 radical (unpaired) electrons. The quantitative estimate of drug-likeness (QED) is 0.343. The molecular formula is C27H30F3N3O3S. The van der Waals surface area contributed by atoms with Crippen molar-refractivity contribution in [3.05, 3.63) is 53.6 Å². The molecule has 1 atom stereocenters. The number of rotatable bonds is 8. The monoisotopic (exact) mass is 533 g/mol. The Morgan fingerprint density at radius 1 is 1.14 bits per heavy atom. The first-order chi connectivity index (χ1) is 17.5. The van der Waals surface area contributed by atoms with Gasteiger partial charge in [-0.15, -0.1) is 11.3 Å². The van der Waals surface area contributed by atoms with Gasteiger partial charge in [0.05, 0.1) is 12.6 Å².